The van der Waals surface area contributed by atoms with Gasteiger partial charge in [-0.1, -0.05) is 23.7 Å². The maximum Gasteiger partial charge on any atom is 0.416 e. The Morgan fingerprint density at radius 2 is 1.87 bits per heavy atom. The zero-order chi connectivity index (χ0) is 17.4. The molecule has 1 aromatic heterocycles. The van der Waals surface area contributed by atoms with Crippen molar-refractivity contribution in [2.24, 2.45) is 7.05 Å². The summed E-state index contributed by atoms with van der Waals surface area (Å²) in [6.07, 6.45) is -4.46. The molecule has 0 spiro atoms. The molecule has 0 saturated heterocycles. The lowest BCUT2D eigenvalue weighted by Gasteiger charge is -2.10. The predicted octanol–water partition coefficient (Wildman–Crippen LogP) is 4.56. The number of benzene rings is 1. The predicted molar refractivity (Wildman–Crippen MR) is 79.3 cm³/mol. The van der Waals surface area contributed by atoms with Gasteiger partial charge >= 0.3 is 6.18 Å². The van der Waals surface area contributed by atoms with Gasteiger partial charge in [-0.3, -0.25) is 4.79 Å². The molecule has 3 nitrogen and oxygen atoms in total. The number of carbonyl (C=O) groups excluding carboxylic acids is 1. The van der Waals surface area contributed by atoms with Crippen LogP contribution in [-0.4, -0.2) is 10.4 Å². The maximum absolute atomic E-state index is 12.6. The highest BCUT2D eigenvalue weighted by atomic mass is 35.5. The van der Waals surface area contributed by atoms with Gasteiger partial charge in [0.05, 0.1) is 22.6 Å². The average Bonchev–Trinajstić information content (AvgIpc) is 2.80. The van der Waals surface area contributed by atoms with Gasteiger partial charge in [-0.2, -0.15) is 18.4 Å². The van der Waals surface area contributed by atoms with Crippen LogP contribution in [0.1, 0.15) is 40.2 Å². The minimum Gasteiger partial charge on any atom is -0.342 e. The van der Waals surface area contributed by atoms with Crippen LogP contribution < -0.4 is 0 Å². The second kappa shape index (κ2) is 6.09. The minimum absolute atomic E-state index is 0.0947. The normalized spacial score (nSPS) is 12.7. The second-order valence-corrected chi connectivity index (χ2v) is 5.49. The van der Waals surface area contributed by atoms with Gasteiger partial charge in [-0.15, -0.1) is 0 Å². The molecule has 0 fully saturated rings. The molecule has 0 saturated carbocycles. The van der Waals surface area contributed by atoms with E-state index in [4.69, 9.17) is 16.9 Å². The molecular formula is C16H12ClF3N2O. The number of ketones is 1. The van der Waals surface area contributed by atoms with Crippen molar-refractivity contribution in [2.75, 3.05) is 0 Å². The summed E-state index contributed by atoms with van der Waals surface area (Å²) in [4.78, 5) is 12.5. The molecule has 23 heavy (non-hydrogen) atoms. The molecule has 0 bridgehead atoms. The topological polar surface area (TPSA) is 45.8 Å². The lowest BCUT2D eigenvalue weighted by Crippen LogP contribution is -2.11. The summed E-state index contributed by atoms with van der Waals surface area (Å²) >= 11 is 6.07. The first-order valence-electron chi connectivity index (χ1n) is 6.63. The summed E-state index contributed by atoms with van der Waals surface area (Å²) in [5.74, 6) is -0.964. The molecule has 7 heteroatoms. The lowest BCUT2D eigenvalue weighted by molar-refractivity contribution is -0.137. The van der Waals surface area contributed by atoms with Crippen LogP contribution in [0.5, 0.6) is 0 Å². The molecule has 1 aromatic carbocycles. The van der Waals surface area contributed by atoms with E-state index in [1.54, 1.807) is 14.0 Å². The molecule has 1 unspecified atom stereocenters. The summed E-state index contributed by atoms with van der Waals surface area (Å²) in [5, 5.41) is 9.14. The van der Waals surface area contributed by atoms with Crippen LogP contribution in [0.15, 0.2) is 30.3 Å². The molecule has 0 aliphatic rings. The highest BCUT2D eigenvalue weighted by Gasteiger charge is 2.30. The van der Waals surface area contributed by atoms with E-state index >= 15 is 0 Å². The largest absolute Gasteiger partial charge is 0.416 e. The molecular weight excluding hydrogens is 329 g/mol. The monoisotopic (exact) mass is 340 g/mol. The Bertz CT molecular complexity index is 785. The number of alkyl halides is 3. The van der Waals surface area contributed by atoms with Crippen molar-refractivity contribution < 1.29 is 18.0 Å². The first-order valence-corrected chi connectivity index (χ1v) is 7.01. The van der Waals surface area contributed by atoms with Gasteiger partial charge in [0.1, 0.15) is 5.69 Å². The van der Waals surface area contributed by atoms with Gasteiger partial charge in [-0.05, 0) is 25.1 Å². The second-order valence-electron chi connectivity index (χ2n) is 5.08. The summed E-state index contributed by atoms with van der Waals surface area (Å²) in [5.41, 5.74) is -0.0284. The van der Waals surface area contributed by atoms with E-state index in [1.165, 1.54) is 10.6 Å². The Hall–Kier alpha value is -2.26. The Kier molecular flexibility index (Phi) is 4.53. The Balaban J connectivity index is 2.42. The SMILES string of the molecule is CC(C#N)c1cc(Cl)c(C(=O)c2ccc(C(F)(F)F)cc2)n1C. The summed E-state index contributed by atoms with van der Waals surface area (Å²) in [6.45, 7) is 1.66. The van der Waals surface area contributed by atoms with Crippen LogP contribution in [0.2, 0.25) is 5.02 Å². The highest BCUT2D eigenvalue weighted by Crippen LogP contribution is 2.31. The van der Waals surface area contributed by atoms with E-state index in [0.717, 1.165) is 24.3 Å². The van der Waals surface area contributed by atoms with E-state index in [0.29, 0.717) is 5.69 Å². The summed E-state index contributed by atoms with van der Waals surface area (Å²) in [7, 11) is 1.59. The zero-order valence-corrected chi connectivity index (χ0v) is 13.0. The lowest BCUT2D eigenvalue weighted by atomic mass is 10.1. The summed E-state index contributed by atoms with van der Waals surface area (Å²) < 4.78 is 39.2. The molecule has 0 aliphatic carbocycles. The fraction of sp³-hybridized carbons (Fsp3) is 0.250. The third-order valence-electron chi connectivity index (χ3n) is 3.55. The van der Waals surface area contributed by atoms with Crippen molar-refractivity contribution >= 4 is 17.4 Å². The molecule has 2 aromatic rings. The standard InChI is InChI=1S/C16H12ClF3N2O/c1-9(8-21)13-7-12(17)14(22(13)2)15(23)10-3-5-11(6-4-10)16(18,19)20/h3-7,9H,1-2H3. The highest BCUT2D eigenvalue weighted by molar-refractivity contribution is 6.34. The van der Waals surface area contributed by atoms with E-state index in [1.807, 2.05) is 6.07 Å². The molecule has 1 atom stereocenters. The molecule has 1 heterocycles. The van der Waals surface area contributed by atoms with E-state index in [2.05, 4.69) is 0 Å². The van der Waals surface area contributed by atoms with Crippen LogP contribution in [0, 0.1) is 11.3 Å². The quantitative estimate of drug-likeness (QED) is 0.769. The first-order chi connectivity index (χ1) is 10.7. The van der Waals surface area contributed by atoms with Crippen LogP contribution in [0.3, 0.4) is 0 Å². The van der Waals surface area contributed by atoms with Gasteiger partial charge in [-0.25, -0.2) is 0 Å². The number of aromatic nitrogens is 1. The zero-order valence-electron chi connectivity index (χ0n) is 12.3. The molecule has 0 radical (unpaired) electrons. The Morgan fingerprint density at radius 3 is 2.35 bits per heavy atom. The molecule has 120 valence electrons. The Labute approximate surface area is 135 Å². The van der Waals surface area contributed by atoms with E-state index in [9.17, 15) is 18.0 Å². The Morgan fingerprint density at radius 1 is 1.30 bits per heavy atom. The number of hydrogen-bond donors (Lipinski definition) is 0. The van der Waals surface area contributed by atoms with Crippen molar-refractivity contribution in [1.82, 2.24) is 4.57 Å². The number of halogens is 4. The summed E-state index contributed by atoms with van der Waals surface area (Å²) in [6, 6.07) is 7.50. The van der Waals surface area contributed by atoms with Crippen LogP contribution in [0.4, 0.5) is 13.2 Å². The number of carbonyl (C=O) groups is 1. The van der Waals surface area contributed by atoms with Crippen LogP contribution in [0.25, 0.3) is 0 Å². The fourth-order valence-electron chi connectivity index (χ4n) is 2.27. The third-order valence-corrected chi connectivity index (χ3v) is 3.84. The minimum atomic E-state index is -4.46. The van der Waals surface area contributed by atoms with Crippen LogP contribution >= 0.6 is 11.6 Å². The van der Waals surface area contributed by atoms with Crippen molar-refractivity contribution in [3.8, 4) is 6.07 Å². The van der Waals surface area contributed by atoms with Crippen molar-refractivity contribution in [3.05, 3.63) is 57.9 Å². The van der Waals surface area contributed by atoms with Crippen LogP contribution in [-0.2, 0) is 13.2 Å². The molecule has 0 aliphatic heterocycles. The van der Waals surface area contributed by atoms with Gasteiger partial charge in [0.15, 0.2) is 0 Å². The fourth-order valence-corrected chi connectivity index (χ4v) is 2.60. The van der Waals surface area contributed by atoms with E-state index < -0.39 is 23.4 Å². The number of nitrogens with zero attached hydrogens (tertiary/aromatic N) is 2. The van der Waals surface area contributed by atoms with Crippen molar-refractivity contribution in [3.63, 3.8) is 0 Å². The molecule has 0 amide bonds. The first kappa shape index (κ1) is 17.1. The van der Waals surface area contributed by atoms with Gasteiger partial charge in [0.2, 0.25) is 5.78 Å². The third kappa shape index (κ3) is 3.25. The van der Waals surface area contributed by atoms with Crippen molar-refractivity contribution in [2.45, 2.75) is 19.0 Å². The number of hydrogen-bond acceptors (Lipinski definition) is 2. The van der Waals surface area contributed by atoms with Gasteiger partial charge in [0.25, 0.3) is 0 Å². The van der Waals surface area contributed by atoms with E-state index in [-0.39, 0.29) is 16.3 Å². The number of rotatable bonds is 3. The number of nitriles is 1. The maximum atomic E-state index is 12.6. The smallest absolute Gasteiger partial charge is 0.342 e. The van der Waals surface area contributed by atoms with Crippen molar-refractivity contribution in [1.29, 1.82) is 5.26 Å². The molecule has 0 N–H and O–H groups in total. The molecule has 2 rings (SSSR count). The van der Waals surface area contributed by atoms with Gasteiger partial charge < -0.3 is 4.57 Å². The average molecular weight is 341 g/mol. The van der Waals surface area contributed by atoms with Gasteiger partial charge in [0, 0.05) is 18.3 Å².